The molecule has 10 heteroatoms. The summed E-state index contributed by atoms with van der Waals surface area (Å²) in [5.41, 5.74) is 4.26. The van der Waals surface area contributed by atoms with Gasteiger partial charge in [0.25, 0.3) is 5.91 Å². The number of carbonyl (C=O) groups is 2. The molecule has 0 bridgehead atoms. The van der Waals surface area contributed by atoms with Gasteiger partial charge in [-0.05, 0) is 36.6 Å². The van der Waals surface area contributed by atoms with Gasteiger partial charge in [-0.1, -0.05) is 27.5 Å². The van der Waals surface area contributed by atoms with Crippen molar-refractivity contribution in [3.63, 3.8) is 0 Å². The average molecular weight is 487 g/mol. The number of ketones is 1. The third-order valence-electron chi connectivity index (χ3n) is 4.65. The van der Waals surface area contributed by atoms with E-state index in [2.05, 4.69) is 26.7 Å². The molecule has 8 nitrogen and oxygen atoms in total. The Morgan fingerprint density at radius 2 is 2.17 bits per heavy atom. The molecule has 156 valence electrons. The number of Topliss-reactive ketones (excluding diaryl/α,β-unsaturated/α-hetero) is 1. The van der Waals surface area contributed by atoms with E-state index in [-0.39, 0.29) is 18.0 Å². The number of rotatable bonds is 7. The van der Waals surface area contributed by atoms with Crippen LogP contribution in [0.15, 0.2) is 22.7 Å². The monoisotopic (exact) mass is 485 g/mol. The number of hydrogen-bond donors (Lipinski definition) is 4. The van der Waals surface area contributed by atoms with Gasteiger partial charge in [0.1, 0.15) is 18.5 Å². The first-order valence-electron chi connectivity index (χ1n) is 9.01. The smallest absolute Gasteiger partial charge is 0.278 e. The van der Waals surface area contributed by atoms with Gasteiger partial charge in [0, 0.05) is 17.9 Å². The Bertz CT molecular complexity index is 946. The minimum atomic E-state index is -1.11. The molecule has 1 aromatic carbocycles. The highest BCUT2D eigenvalue weighted by atomic mass is 79.9. The molecule has 1 aliphatic carbocycles. The summed E-state index contributed by atoms with van der Waals surface area (Å²) in [4.78, 5) is 30.4. The summed E-state index contributed by atoms with van der Waals surface area (Å²) in [6.45, 7) is -0.753. The maximum Gasteiger partial charge on any atom is 0.278 e. The van der Waals surface area contributed by atoms with Crippen molar-refractivity contribution in [1.82, 2.24) is 10.0 Å². The fraction of sp³-hybridized carbons (Fsp3) is 0.368. The number of halogens is 2. The number of nitrogens with one attached hydrogen (secondary N) is 2. The van der Waals surface area contributed by atoms with E-state index >= 15 is 0 Å². The number of fused-ring (bicyclic) bond motifs is 1. The van der Waals surface area contributed by atoms with Crippen LogP contribution >= 0.6 is 27.5 Å². The van der Waals surface area contributed by atoms with Crippen molar-refractivity contribution in [2.24, 2.45) is 7.05 Å². The molecule has 0 saturated heterocycles. The molecule has 0 saturated carbocycles. The summed E-state index contributed by atoms with van der Waals surface area (Å²) in [7, 11) is 1.71. The average Bonchev–Trinajstić information content (AvgIpc) is 2.96. The lowest BCUT2D eigenvalue weighted by Crippen LogP contribution is -2.30. The molecule has 3 rings (SSSR count). The van der Waals surface area contributed by atoms with Gasteiger partial charge in [0.05, 0.1) is 28.6 Å². The van der Waals surface area contributed by atoms with Crippen molar-refractivity contribution in [2.75, 3.05) is 18.5 Å². The summed E-state index contributed by atoms with van der Waals surface area (Å²) in [6, 6.07) is 5.29. The van der Waals surface area contributed by atoms with Gasteiger partial charge >= 0.3 is 0 Å². The molecule has 0 fully saturated rings. The molecule has 1 atom stereocenters. The Kier molecular flexibility index (Phi) is 6.97. The normalized spacial score (nSPS) is 14.4. The van der Waals surface area contributed by atoms with Crippen LogP contribution in [0.4, 0.5) is 11.5 Å². The third kappa shape index (κ3) is 4.65. The molecule has 1 aliphatic rings. The van der Waals surface area contributed by atoms with Crippen molar-refractivity contribution in [2.45, 2.75) is 25.4 Å². The fourth-order valence-corrected chi connectivity index (χ4v) is 4.02. The molecule has 0 unspecified atom stereocenters. The third-order valence-corrected chi connectivity index (χ3v) is 5.46. The highest BCUT2D eigenvalue weighted by Crippen LogP contribution is 2.36. The van der Waals surface area contributed by atoms with Crippen LogP contribution in [0.2, 0.25) is 5.02 Å². The highest BCUT2D eigenvalue weighted by Gasteiger charge is 2.32. The van der Waals surface area contributed by atoms with Crippen LogP contribution in [0.5, 0.6) is 0 Å². The Hall–Kier alpha value is -1.91. The largest absolute Gasteiger partial charge is 0.394 e. The van der Waals surface area contributed by atoms with Gasteiger partial charge in [-0.15, -0.1) is 0 Å². The SMILES string of the molecule is Cn1c(Nc2ccc(Br)cc2Cl)c(C(=O)NOC[C@@H](O)CO)c2c1C(=O)CCC2. The van der Waals surface area contributed by atoms with Crippen LogP contribution in [-0.4, -0.2) is 45.8 Å². The molecule has 1 amide bonds. The summed E-state index contributed by atoms with van der Waals surface area (Å²) in [5, 5.41) is 21.8. The van der Waals surface area contributed by atoms with E-state index in [1.165, 1.54) is 0 Å². The molecule has 29 heavy (non-hydrogen) atoms. The standard InChI is InChI=1S/C19H21BrClN3O5/c1-24-17-12(3-2-4-15(17)27)16(19(28)23-29-9-11(26)8-25)18(24)22-14-6-5-10(20)7-13(14)21/h5-7,11,22,25-26H,2-4,8-9H2,1H3,(H,23,28)/t11-/m0/s1. The lowest BCUT2D eigenvalue weighted by molar-refractivity contribution is -0.0295. The number of aliphatic hydroxyl groups excluding tert-OH is 2. The van der Waals surface area contributed by atoms with Crippen LogP contribution in [0.1, 0.15) is 39.3 Å². The molecule has 0 radical (unpaired) electrons. The fourth-order valence-electron chi connectivity index (χ4n) is 3.30. The van der Waals surface area contributed by atoms with Crippen molar-refractivity contribution in [3.8, 4) is 0 Å². The predicted octanol–water partition coefficient (Wildman–Crippen LogP) is 2.72. The molecule has 1 heterocycles. The number of amides is 1. The van der Waals surface area contributed by atoms with Gasteiger partial charge in [-0.3, -0.25) is 14.4 Å². The maximum absolute atomic E-state index is 12.9. The second-order valence-electron chi connectivity index (χ2n) is 6.71. The number of aromatic nitrogens is 1. The summed E-state index contributed by atoms with van der Waals surface area (Å²) < 4.78 is 2.47. The van der Waals surface area contributed by atoms with Gasteiger partial charge in [0.2, 0.25) is 0 Å². The van der Waals surface area contributed by atoms with E-state index in [1.54, 1.807) is 29.8 Å². The number of hydroxylamine groups is 1. The van der Waals surface area contributed by atoms with E-state index < -0.39 is 18.6 Å². The van der Waals surface area contributed by atoms with Crippen LogP contribution in [0.3, 0.4) is 0 Å². The number of carbonyl (C=O) groups excluding carboxylic acids is 2. The number of nitrogens with zero attached hydrogens (tertiary/aromatic N) is 1. The molecule has 4 N–H and O–H groups in total. The van der Waals surface area contributed by atoms with Crippen LogP contribution in [0.25, 0.3) is 0 Å². The predicted molar refractivity (Wildman–Crippen MR) is 112 cm³/mol. The van der Waals surface area contributed by atoms with Gasteiger partial charge in [0.15, 0.2) is 5.78 Å². The first kappa shape index (κ1) is 21.8. The van der Waals surface area contributed by atoms with Gasteiger partial charge in [-0.25, -0.2) is 5.48 Å². The summed E-state index contributed by atoms with van der Waals surface area (Å²) in [6.07, 6.45) is 0.537. The lowest BCUT2D eigenvalue weighted by atomic mass is 9.93. The van der Waals surface area contributed by atoms with Crippen LogP contribution in [0, 0.1) is 0 Å². The Labute approximate surface area is 180 Å². The van der Waals surface area contributed by atoms with E-state index in [0.717, 1.165) is 4.47 Å². The van der Waals surface area contributed by atoms with Crippen LogP contribution in [-0.2, 0) is 18.3 Å². The van der Waals surface area contributed by atoms with Crippen molar-refractivity contribution < 1.29 is 24.6 Å². The minimum absolute atomic E-state index is 0.0330. The van der Waals surface area contributed by atoms with Crippen molar-refractivity contribution in [1.29, 1.82) is 0 Å². The quantitative estimate of drug-likeness (QED) is 0.448. The molecular formula is C19H21BrClN3O5. The molecule has 0 spiro atoms. The van der Waals surface area contributed by atoms with E-state index in [4.69, 9.17) is 21.5 Å². The summed E-state index contributed by atoms with van der Waals surface area (Å²) in [5.74, 6) is -0.176. The van der Waals surface area contributed by atoms with E-state index in [0.29, 0.717) is 47.0 Å². The van der Waals surface area contributed by atoms with Crippen molar-refractivity contribution >= 4 is 50.7 Å². The Morgan fingerprint density at radius 3 is 2.86 bits per heavy atom. The number of hydrogen-bond acceptors (Lipinski definition) is 6. The first-order chi connectivity index (χ1) is 13.8. The van der Waals surface area contributed by atoms with E-state index in [1.807, 2.05) is 0 Å². The topological polar surface area (TPSA) is 113 Å². The van der Waals surface area contributed by atoms with Crippen molar-refractivity contribution in [3.05, 3.63) is 44.5 Å². The highest BCUT2D eigenvalue weighted by molar-refractivity contribution is 9.10. The molecule has 1 aromatic heterocycles. The molecular weight excluding hydrogens is 466 g/mol. The van der Waals surface area contributed by atoms with Crippen LogP contribution < -0.4 is 10.8 Å². The maximum atomic E-state index is 12.9. The first-order valence-corrected chi connectivity index (χ1v) is 10.2. The number of anilines is 2. The van der Waals surface area contributed by atoms with Gasteiger partial charge < -0.3 is 20.1 Å². The van der Waals surface area contributed by atoms with E-state index in [9.17, 15) is 14.7 Å². The minimum Gasteiger partial charge on any atom is -0.394 e. The Morgan fingerprint density at radius 1 is 1.41 bits per heavy atom. The number of aliphatic hydroxyl groups is 2. The molecule has 0 aliphatic heterocycles. The zero-order chi connectivity index (χ0) is 21.1. The number of benzene rings is 1. The summed E-state index contributed by atoms with van der Waals surface area (Å²) >= 11 is 9.66. The second-order valence-corrected chi connectivity index (χ2v) is 8.04. The Balaban J connectivity index is 1.98. The second kappa shape index (κ2) is 9.27. The lowest BCUT2D eigenvalue weighted by Gasteiger charge is -2.14. The van der Waals surface area contributed by atoms with Gasteiger partial charge in [-0.2, -0.15) is 0 Å². The zero-order valence-corrected chi connectivity index (χ0v) is 18.0. The molecule has 2 aromatic rings. The zero-order valence-electron chi connectivity index (χ0n) is 15.7.